The number of thioether (sulfide) groups is 1. The number of nitrogens with one attached hydrogen (secondary N) is 2. The minimum absolute atomic E-state index is 0.108. The fraction of sp³-hybridized carbons (Fsp3) is 0.316. The standard InChI is InChI=1S/C19H21ClN6O2S/c1-5-16(27)22-12-6-7-14(20)15(8-12)23-17(28)9-13-10(2)21-18-24-19(29-4)25-26(18)11(13)3/h6-8H,5,9H2,1-4H3,(H,22,27)(H,23,28). The molecule has 0 radical (unpaired) electrons. The van der Waals surface area contributed by atoms with Crippen LogP contribution in [0.15, 0.2) is 23.4 Å². The summed E-state index contributed by atoms with van der Waals surface area (Å²) in [6.07, 6.45) is 2.36. The molecule has 2 amide bonds. The number of hydrogen-bond donors (Lipinski definition) is 2. The van der Waals surface area contributed by atoms with Gasteiger partial charge < -0.3 is 10.6 Å². The molecule has 10 heteroatoms. The molecule has 29 heavy (non-hydrogen) atoms. The number of amides is 2. The average Bonchev–Trinajstić information content (AvgIpc) is 3.11. The summed E-state index contributed by atoms with van der Waals surface area (Å²) in [6, 6.07) is 4.95. The van der Waals surface area contributed by atoms with Crippen molar-refractivity contribution in [2.45, 2.75) is 38.8 Å². The molecule has 2 N–H and O–H groups in total. The Morgan fingerprint density at radius 3 is 2.62 bits per heavy atom. The van der Waals surface area contributed by atoms with E-state index in [1.807, 2.05) is 20.1 Å². The van der Waals surface area contributed by atoms with Gasteiger partial charge in [-0.1, -0.05) is 30.3 Å². The molecular formula is C19H21ClN6O2S. The van der Waals surface area contributed by atoms with Crippen molar-refractivity contribution in [2.75, 3.05) is 16.9 Å². The summed E-state index contributed by atoms with van der Waals surface area (Å²) in [6.45, 7) is 5.49. The number of rotatable bonds is 6. The molecule has 0 aliphatic rings. The highest BCUT2D eigenvalue weighted by molar-refractivity contribution is 7.98. The van der Waals surface area contributed by atoms with Gasteiger partial charge in [0.1, 0.15) is 0 Å². The van der Waals surface area contributed by atoms with Crippen LogP contribution in [0.4, 0.5) is 11.4 Å². The first-order valence-corrected chi connectivity index (χ1v) is 10.6. The lowest BCUT2D eigenvalue weighted by Crippen LogP contribution is -2.18. The molecule has 2 heterocycles. The summed E-state index contributed by atoms with van der Waals surface area (Å²) in [5, 5.41) is 11.0. The van der Waals surface area contributed by atoms with Crippen molar-refractivity contribution in [3.63, 3.8) is 0 Å². The Hall–Kier alpha value is -2.65. The fourth-order valence-electron chi connectivity index (χ4n) is 2.84. The quantitative estimate of drug-likeness (QED) is 0.576. The van der Waals surface area contributed by atoms with Crippen molar-refractivity contribution in [1.82, 2.24) is 19.6 Å². The second kappa shape index (κ2) is 8.79. The van der Waals surface area contributed by atoms with Crippen LogP contribution in [-0.4, -0.2) is 37.7 Å². The third kappa shape index (κ3) is 4.68. The van der Waals surface area contributed by atoms with Gasteiger partial charge in [0.15, 0.2) is 0 Å². The molecule has 0 saturated carbocycles. The second-order valence-corrected chi connectivity index (χ2v) is 7.57. The number of aromatic nitrogens is 4. The van der Waals surface area contributed by atoms with Crippen LogP contribution in [0.25, 0.3) is 5.78 Å². The minimum atomic E-state index is -0.247. The number of hydrogen-bond acceptors (Lipinski definition) is 6. The Bertz CT molecular complexity index is 1100. The van der Waals surface area contributed by atoms with Crippen LogP contribution >= 0.6 is 23.4 Å². The lowest BCUT2D eigenvalue weighted by atomic mass is 10.1. The molecule has 0 bridgehead atoms. The minimum Gasteiger partial charge on any atom is -0.326 e. The number of anilines is 2. The van der Waals surface area contributed by atoms with Crippen molar-refractivity contribution < 1.29 is 9.59 Å². The summed E-state index contributed by atoms with van der Waals surface area (Å²) >= 11 is 7.64. The maximum Gasteiger partial charge on any atom is 0.253 e. The molecule has 152 valence electrons. The third-order valence-corrected chi connectivity index (χ3v) is 5.26. The van der Waals surface area contributed by atoms with Gasteiger partial charge in [-0.05, 0) is 38.3 Å². The number of halogens is 1. The van der Waals surface area contributed by atoms with Gasteiger partial charge in [0, 0.05) is 29.1 Å². The molecule has 3 rings (SSSR count). The highest BCUT2D eigenvalue weighted by Gasteiger charge is 2.17. The molecule has 0 atom stereocenters. The Morgan fingerprint density at radius 1 is 1.17 bits per heavy atom. The van der Waals surface area contributed by atoms with E-state index in [9.17, 15) is 9.59 Å². The normalized spacial score (nSPS) is 10.9. The highest BCUT2D eigenvalue weighted by Crippen LogP contribution is 2.26. The number of benzene rings is 1. The maximum absolute atomic E-state index is 12.7. The predicted molar refractivity (Wildman–Crippen MR) is 115 cm³/mol. The van der Waals surface area contributed by atoms with E-state index in [0.717, 1.165) is 17.0 Å². The first-order chi connectivity index (χ1) is 13.8. The summed E-state index contributed by atoms with van der Waals surface area (Å²) in [7, 11) is 0. The van der Waals surface area contributed by atoms with Crippen molar-refractivity contribution in [3.8, 4) is 0 Å². The van der Waals surface area contributed by atoms with Gasteiger partial charge in [-0.3, -0.25) is 9.59 Å². The average molecular weight is 433 g/mol. The van der Waals surface area contributed by atoms with E-state index in [1.54, 1.807) is 29.6 Å². The van der Waals surface area contributed by atoms with E-state index in [2.05, 4.69) is 25.7 Å². The van der Waals surface area contributed by atoms with Gasteiger partial charge in [0.2, 0.25) is 17.0 Å². The number of carbonyl (C=O) groups excluding carboxylic acids is 2. The van der Waals surface area contributed by atoms with Crippen molar-refractivity contribution in [3.05, 3.63) is 40.2 Å². The smallest absolute Gasteiger partial charge is 0.253 e. The van der Waals surface area contributed by atoms with Crippen LogP contribution in [0.1, 0.15) is 30.3 Å². The lowest BCUT2D eigenvalue weighted by Gasteiger charge is -2.12. The maximum atomic E-state index is 12.7. The molecule has 3 aromatic rings. The first-order valence-electron chi connectivity index (χ1n) is 8.98. The molecule has 0 unspecified atom stereocenters. The van der Waals surface area contributed by atoms with E-state index in [0.29, 0.717) is 33.8 Å². The second-order valence-electron chi connectivity index (χ2n) is 6.39. The van der Waals surface area contributed by atoms with E-state index >= 15 is 0 Å². The van der Waals surface area contributed by atoms with Crippen molar-refractivity contribution in [1.29, 1.82) is 0 Å². The zero-order chi connectivity index (χ0) is 21.1. The van der Waals surface area contributed by atoms with Crippen molar-refractivity contribution in [2.24, 2.45) is 0 Å². The number of fused-ring (bicyclic) bond motifs is 1. The molecular weight excluding hydrogens is 412 g/mol. The molecule has 0 aliphatic heterocycles. The third-order valence-electron chi connectivity index (χ3n) is 4.39. The number of carbonyl (C=O) groups is 2. The number of nitrogens with zero attached hydrogens (tertiary/aromatic N) is 4. The van der Waals surface area contributed by atoms with Crippen LogP contribution in [-0.2, 0) is 16.0 Å². The van der Waals surface area contributed by atoms with Crippen LogP contribution < -0.4 is 10.6 Å². The Labute approximate surface area is 177 Å². The van der Waals surface area contributed by atoms with E-state index in [-0.39, 0.29) is 18.2 Å². The van der Waals surface area contributed by atoms with Gasteiger partial charge in [-0.15, -0.1) is 5.10 Å². The summed E-state index contributed by atoms with van der Waals surface area (Å²) in [5.74, 6) is 0.145. The summed E-state index contributed by atoms with van der Waals surface area (Å²) < 4.78 is 1.65. The van der Waals surface area contributed by atoms with Crippen LogP contribution in [0.2, 0.25) is 5.02 Å². The lowest BCUT2D eigenvalue weighted by molar-refractivity contribution is -0.116. The Balaban J connectivity index is 1.82. The zero-order valence-corrected chi connectivity index (χ0v) is 18.1. The monoisotopic (exact) mass is 432 g/mol. The molecule has 0 saturated heterocycles. The van der Waals surface area contributed by atoms with Crippen LogP contribution in [0.3, 0.4) is 0 Å². The molecule has 2 aromatic heterocycles. The van der Waals surface area contributed by atoms with Gasteiger partial charge in [0.25, 0.3) is 5.78 Å². The Morgan fingerprint density at radius 2 is 1.93 bits per heavy atom. The number of aryl methyl sites for hydroxylation is 2. The molecule has 1 aromatic carbocycles. The summed E-state index contributed by atoms with van der Waals surface area (Å²) in [5.41, 5.74) is 3.31. The molecule has 0 spiro atoms. The van der Waals surface area contributed by atoms with Gasteiger partial charge in [-0.2, -0.15) is 4.98 Å². The molecule has 0 aliphatic carbocycles. The van der Waals surface area contributed by atoms with Gasteiger partial charge in [-0.25, -0.2) is 9.50 Å². The molecule has 0 fully saturated rings. The van der Waals surface area contributed by atoms with E-state index in [1.165, 1.54) is 11.8 Å². The zero-order valence-electron chi connectivity index (χ0n) is 16.5. The SMILES string of the molecule is CCC(=O)Nc1ccc(Cl)c(NC(=O)Cc2c(C)nc3nc(SC)nn3c2C)c1. The van der Waals surface area contributed by atoms with Crippen LogP contribution in [0.5, 0.6) is 0 Å². The van der Waals surface area contributed by atoms with E-state index in [4.69, 9.17) is 11.6 Å². The predicted octanol–water partition coefficient (Wildman–Crippen LogP) is 3.65. The fourth-order valence-corrected chi connectivity index (χ4v) is 3.34. The largest absolute Gasteiger partial charge is 0.326 e. The van der Waals surface area contributed by atoms with Crippen LogP contribution in [0, 0.1) is 13.8 Å². The van der Waals surface area contributed by atoms with Gasteiger partial charge >= 0.3 is 0 Å². The summed E-state index contributed by atoms with van der Waals surface area (Å²) in [4.78, 5) is 33.1. The Kier molecular flexibility index (Phi) is 6.39. The molecule has 8 nitrogen and oxygen atoms in total. The van der Waals surface area contributed by atoms with E-state index < -0.39 is 0 Å². The highest BCUT2D eigenvalue weighted by atomic mass is 35.5. The topological polar surface area (TPSA) is 101 Å². The van der Waals surface area contributed by atoms with Crippen molar-refractivity contribution >= 4 is 52.3 Å². The first kappa shape index (κ1) is 21.1. The van der Waals surface area contributed by atoms with Gasteiger partial charge in [0.05, 0.1) is 17.1 Å².